The standard InChI is InChI=1S/C8H8N2O3/c1-2-13-8-4-3-6(10(11)12)5-7(8)9/h2-5H,1,9H2. The highest BCUT2D eigenvalue weighted by Crippen LogP contribution is 2.26. The summed E-state index contributed by atoms with van der Waals surface area (Å²) in [6.07, 6.45) is 1.21. The lowest BCUT2D eigenvalue weighted by atomic mass is 10.2. The fourth-order valence-electron chi connectivity index (χ4n) is 0.847. The molecule has 68 valence electrons. The van der Waals surface area contributed by atoms with E-state index in [1.165, 1.54) is 24.5 Å². The minimum atomic E-state index is -0.520. The van der Waals surface area contributed by atoms with Gasteiger partial charge in [0.1, 0.15) is 5.75 Å². The minimum Gasteiger partial charge on any atom is -0.463 e. The number of nitrogens with zero attached hydrogens (tertiary/aromatic N) is 1. The first-order chi connectivity index (χ1) is 6.15. The summed E-state index contributed by atoms with van der Waals surface area (Å²) in [5.74, 6) is 0.362. The second-order valence-corrected chi connectivity index (χ2v) is 2.26. The van der Waals surface area contributed by atoms with E-state index in [-0.39, 0.29) is 11.4 Å². The van der Waals surface area contributed by atoms with Gasteiger partial charge in [0.25, 0.3) is 5.69 Å². The van der Waals surface area contributed by atoms with Crippen LogP contribution in [-0.2, 0) is 0 Å². The lowest BCUT2D eigenvalue weighted by Crippen LogP contribution is -1.94. The van der Waals surface area contributed by atoms with Crippen molar-refractivity contribution in [1.82, 2.24) is 0 Å². The third-order valence-electron chi connectivity index (χ3n) is 1.41. The number of non-ortho nitro benzene ring substituents is 1. The molecule has 0 aliphatic heterocycles. The Bertz CT molecular complexity index is 349. The summed E-state index contributed by atoms with van der Waals surface area (Å²) in [4.78, 5) is 9.79. The first kappa shape index (κ1) is 9.05. The summed E-state index contributed by atoms with van der Waals surface area (Å²) in [5.41, 5.74) is 5.62. The van der Waals surface area contributed by atoms with Gasteiger partial charge in [0.15, 0.2) is 0 Å². The molecule has 1 rings (SSSR count). The van der Waals surface area contributed by atoms with Crippen LogP contribution in [-0.4, -0.2) is 4.92 Å². The SMILES string of the molecule is C=COc1ccc([N+](=O)[O-])cc1N. The summed E-state index contributed by atoms with van der Waals surface area (Å²) < 4.78 is 4.89. The van der Waals surface area contributed by atoms with Crippen LogP contribution in [0.2, 0.25) is 0 Å². The van der Waals surface area contributed by atoms with E-state index in [1.54, 1.807) is 0 Å². The third kappa shape index (κ3) is 1.96. The first-order valence-electron chi connectivity index (χ1n) is 3.46. The Morgan fingerprint density at radius 1 is 1.62 bits per heavy atom. The number of nitro groups is 1. The number of hydrogen-bond donors (Lipinski definition) is 1. The zero-order chi connectivity index (χ0) is 9.84. The van der Waals surface area contributed by atoms with Crippen molar-refractivity contribution in [2.75, 3.05) is 5.73 Å². The predicted octanol–water partition coefficient (Wildman–Crippen LogP) is 1.70. The molecule has 0 spiro atoms. The van der Waals surface area contributed by atoms with Crippen LogP contribution in [0.4, 0.5) is 11.4 Å². The molecule has 2 N–H and O–H groups in total. The van der Waals surface area contributed by atoms with Crippen LogP contribution >= 0.6 is 0 Å². The summed E-state index contributed by atoms with van der Waals surface area (Å²) in [5, 5.41) is 10.3. The van der Waals surface area contributed by atoms with Crippen molar-refractivity contribution in [1.29, 1.82) is 0 Å². The van der Waals surface area contributed by atoms with Gasteiger partial charge >= 0.3 is 0 Å². The molecular formula is C8H8N2O3. The molecule has 1 aromatic carbocycles. The Hall–Kier alpha value is -2.04. The summed E-state index contributed by atoms with van der Waals surface area (Å²) in [7, 11) is 0. The quantitative estimate of drug-likeness (QED) is 0.332. The van der Waals surface area contributed by atoms with Crippen molar-refractivity contribution in [2.45, 2.75) is 0 Å². The average Bonchev–Trinajstić information content (AvgIpc) is 2.08. The summed E-state index contributed by atoms with van der Waals surface area (Å²) in [6, 6.07) is 3.98. The normalized spacial score (nSPS) is 9.23. The van der Waals surface area contributed by atoms with E-state index < -0.39 is 4.92 Å². The molecule has 5 nitrogen and oxygen atoms in total. The number of nitrogen functional groups attached to an aromatic ring is 1. The number of benzene rings is 1. The van der Waals surface area contributed by atoms with Gasteiger partial charge in [-0.05, 0) is 6.07 Å². The van der Waals surface area contributed by atoms with E-state index in [0.717, 1.165) is 0 Å². The van der Waals surface area contributed by atoms with Gasteiger partial charge in [0, 0.05) is 12.1 Å². The van der Waals surface area contributed by atoms with E-state index in [1.807, 2.05) is 0 Å². The molecule has 0 unspecified atom stereocenters. The molecule has 0 heterocycles. The molecule has 0 saturated carbocycles. The van der Waals surface area contributed by atoms with Gasteiger partial charge in [-0.2, -0.15) is 0 Å². The average molecular weight is 180 g/mol. The number of nitrogens with two attached hydrogens (primary N) is 1. The van der Waals surface area contributed by atoms with E-state index in [2.05, 4.69) is 6.58 Å². The van der Waals surface area contributed by atoms with Crippen LogP contribution < -0.4 is 10.5 Å². The zero-order valence-electron chi connectivity index (χ0n) is 6.77. The molecule has 5 heteroatoms. The van der Waals surface area contributed by atoms with Gasteiger partial charge in [-0.1, -0.05) is 6.58 Å². The maximum Gasteiger partial charge on any atom is 0.271 e. The maximum atomic E-state index is 10.3. The van der Waals surface area contributed by atoms with Crippen molar-refractivity contribution in [3.63, 3.8) is 0 Å². The van der Waals surface area contributed by atoms with Gasteiger partial charge in [-0.25, -0.2) is 0 Å². The molecule has 0 aromatic heterocycles. The van der Waals surface area contributed by atoms with E-state index >= 15 is 0 Å². The summed E-state index contributed by atoms with van der Waals surface area (Å²) >= 11 is 0. The molecular weight excluding hydrogens is 172 g/mol. The number of hydrogen-bond acceptors (Lipinski definition) is 4. The van der Waals surface area contributed by atoms with Gasteiger partial charge in [-0.3, -0.25) is 10.1 Å². The van der Waals surface area contributed by atoms with E-state index in [4.69, 9.17) is 10.5 Å². The van der Waals surface area contributed by atoms with E-state index in [0.29, 0.717) is 5.75 Å². The first-order valence-corrected chi connectivity index (χ1v) is 3.46. The minimum absolute atomic E-state index is 0.0612. The smallest absolute Gasteiger partial charge is 0.271 e. The van der Waals surface area contributed by atoms with Crippen molar-refractivity contribution < 1.29 is 9.66 Å². The van der Waals surface area contributed by atoms with Gasteiger partial charge in [0.2, 0.25) is 0 Å². The maximum absolute atomic E-state index is 10.3. The molecule has 1 aromatic rings. The van der Waals surface area contributed by atoms with Crippen molar-refractivity contribution in [3.05, 3.63) is 41.2 Å². The zero-order valence-corrected chi connectivity index (χ0v) is 6.77. The van der Waals surface area contributed by atoms with Crippen LogP contribution in [0, 0.1) is 10.1 Å². The Labute approximate surface area is 74.6 Å². The van der Waals surface area contributed by atoms with Crippen LogP contribution in [0.1, 0.15) is 0 Å². The number of ether oxygens (including phenoxy) is 1. The Morgan fingerprint density at radius 3 is 2.77 bits per heavy atom. The van der Waals surface area contributed by atoms with Gasteiger partial charge in [-0.15, -0.1) is 0 Å². The Balaban J connectivity index is 3.04. The van der Waals surface area contributed by atoms with Crippen molar-refractivity contribution in [2.24, 2.45) is 0 Å². The molecule has 0 saturated heterocycles. The highest BCUT2D eigenvalue weighted by Gasteiger charge is 2.08. The summed E-state index contributed by atoms with van der Waals surface area (Å²) in [6.45, 7) is 3.34. The highest BCUT2D eigenvalue weighted by molar-refractivity contribution is 5.58. The van der Waals surface area contributed by atoms with Gasteiger partial charge < -0.3 is 10.5 Å². The monoisotopic (exact) mass is 180 g/mol. The molecule has 0 atom stereocenters. The van der Waals surface area contributed by atoms with Crippen molar-refractivity contribution >= 4 is 11.4 Å². The largest absolute Gasteiger partial charge is 0.463 e. The topological polar surface area (TPSA) is 78.4 Å². The van der Waals surface area contributed by atoms with Crippen LogP contribution in [0.25, 0.3) is 0 Å². The van der Waals surface area contributed by atoms with Crippen LogP contribution in [0.5, 0.6) is 5.75 Å². The molecule has 0 amide bonds. The second kappa shape index (κ2) is 3.57. The van der Waals surface area contributed by atoms with Crippen molar-refractivity contribution in [3.8, 4) is 5.75 Å². The number of nitro benzene ring substituents is 1. The number of anilines is 1. The fraction of sp³-hybridized carbons (Fsp3) is 0. The molecule has 0 fully saturated rings. The Morgan fingerprint density at radius 2 is 2.31 bits per heavy atom. The van der Waals surface area contributed by atoms with Crippen LogP contribution in [0.3, 0.4) is 0 Å². The Kier molecular flexibility index (Phi) is 2.49. The predicted molar refractivity (Wildman–Crippen MR) is 48.3 cm³/mol. The second-order valence-electron chi connectivity index (χ2n) is 2.26. The highest BCUT2D eigenvalue weighted by atomic mass is 16.6. The molecule has 0 aliphatic carbocycles. The van der Waals surface area contributed by atoms with E-state index in [9.17, 15) is 10.1 Å². The molecule has 13 heavy (non-hydrogen) atoms. The lowest BCUT2D eigenvalue weighted by molar-refractivity contribution is -0.384. The van der Waals surface area contributed by atoms with Crippen LogP contribution in [0.15, 0.2) is 31.0 Å². The fourth-order valence-corrected chi connectivity index (χ4v) is 0.847. The molecule has 0 aliphatic rings. The van der Waals surface area contributed by atoms with Gasteiger partial charge in [0.05, 0.1) is 16.9 Å². The third-order valence-corrected chi connectivity index (χ3v) is 1.41. The lowest BCUT2D eigenvalue weighted by Gasteiger charge is -2.02. The molecule has 0 radical (unpaired) electrons. The number of rotatable bonds is 3. The molecule has 0 bridgehead atoms.